The van der Waals surface area contributed by atoms with Crippen molar-refractivity contribution < 1.29 is 9.16 Å². The third-order valence-electron chi connectivity index (χ3n) is 6.67. The van der Waals surface area contributed by atoms with Gasteiger partial charge in [0.05, 0.1) is 12.6 Å². The zero-order valence-corrected chi connectivity index (χ0v) is 17.0. The first-order chi connectivity index (χ1) is 12.9. The summed E-state index contributed by atoms with van der Waals surface area (Å²) in [5, 5.41) is 4.29. The fourth-order valence-corrected chi connectivity index (χ4v) is 12.1. The summed E-state index contributed by atoms with van der Waals surface area (Å²) in [5.74, 6) is 0.893. The Labute approximate surface area is 162 Å². The van der Waals surface area contributed by atoms with Crippen molar-refractivity contribution >= 4 is 21.4 Å². The quantitative estimate of drug-likeness (QED) is 0.575. The summed E-state index contributed by atoms with van der Waals surface area (Å²) in [4.78, 5) is 11.2. The normalized spacial score (nSPS) is 36.1. The monoisotopic (exact) mass is 377 g/mol. The van der Waals surface area contributed by atoms with E-state index < -0.39 is 14.3 Å². The summed E-state index contributed by atoms with van der Waals surface area (Å²) in [7, 11) is 3.34. The number of hydrogen-bond acceptors (Lipinski definition) is 4. The Bertz CT molecular complexity index is 850. The van der Waals surface area contributed by atoms with Gasteiger partial charge in [-0.05, 0) is 21.3 Å². The molecule has 0 amide bonds. The predicted octanol–water partition coefficient (Wildman–Crippen LogP) is 4.04. The van der Waals surface area contributed by atoms with E-state index in [4.69, 9.17) is 17.0 Å². The molecule has 1 aromatic carbocycles. The second kappa shape index (κ2) is 6.31. The van der Waals surface area contributed by atoms with E-state index in [0.29, 0.717) is 23.8 Å². The number of nitrogens with zero attached hydrogens (tertiary/aromatic N) is 1. The van der Waals surface area contributed by atoms with Crippen LogP contribution in [0.4, 0.5) is 0 Å². The average Bonchev–Trinajstić information content (AvgIpc) is 3.02. The molecule has 0 spiro atoms. The lowest BCUT2D eigenvalue weighted by Gasteiger charge is -2.70. The van der Waals surface area contributed by atoms with Crippen molar-refractivity contribution in [1.29, 1.82) is 0 Å². The third-order valence-corrected chi connectivity index (χ3v) is 12.5. The Kier molecular flexibility index (Phi) is 4.31. The number of allylic oxidation sites excluding steroid dienone is 4. The Hall–Kier alpha value is -1.92. The van der Waals surface area contributed by atoms with Gasteiger partial charge in [-0.2, -0.15) is 0 Å². The van der Waals surface area contributed by atoms with E-state index in [0.717, 1.165) is 0 Å². The fourth-order valence-electron chi connectivity index (χ4n) is 5.65. The highest BCUT2D eigenvalue weighted by atomic mass is 28.4. The molecular formula is C21H24BNO3Si. The van der Waals surface area contributed by atoms with Gasteiger partial charge in [0.1, 0.15) is 19.3 Å². The second-order valence-electron chi connectivity index (χ2n) is 8.38. The van der Waals surface area contributed by atoms with Crippen molar-refractivity contribution in [3.05, 3.63) is 71.0 Å². The van der Waals surface area contributed by atoms with Gasteiger partial charge in [-0.3, -0.25) is 0 Å². The number of fused-ring (bicyclic) bond motifs is 1. The highest BCUT2D eigenvalue weighted by Crippen LogP contribution is 2.75. The van der Waals surface area contributed by atoms with E-state index in [1.807, 2.05) is 6.07 Å². The number of rotatable bonds is 5. The van der Waals surface area contributed by atoms with Crippen molar-refractivity contribution in [2.75, 3.05) is 6.61 Å². The van der Waals surface area contributed by atoms with Gasteiger partial charge >= 0.3 is 0 Å². The van der Waals surface area contributed by atoms with Crippen molar-refractivity contribution in [2.24, 2.45) is 11.1 Å². The van der Waals surface area contributed by atoms with Crippen molar-refractivity contribution in [1.82, 2.24) is 0 Å². The van der Waals surface area contributed by atoms with Crippen molar-refractivity contribution in [3.8, 4) is 0 Å². The molecule has 4 rings (SSSR count). The second-order valence-corrected chi connectivity index (χ2v) is 13.0. The van der Waals surface area contributed by atoms with E-state index in [-0.39, 0.29) is 16.7 Å². The standard InChI is InChI=1S/C21H24BNO3Si/c1-20(2)18-11-7-8-12-21(18,3)27(20,15-9-5-4-6-10-15)25-14-17-16(23-24)13-19(22)26-17/h4-12,18-19H,13-14H2,1-3H3. The van der Waals surface area contributed by atoms with E-state index >= 15 is 0 Å². The number of ether oxygens (including phenoxy) is 1. The number of nitroso groups, excluding NO2 is 1. The van der Waals surface area contributed by atoms with Gasteiger partial charge in [0, 0.05) is 11.5 Å². The van der Waals surface area contributed by atoms with E-state index in [1.165, 1.54) is 5.19 Å². The first-order valence-electron chi connectivity index (χ1n) is 9.40. The molecule has 2 heterocycles. The van der Waals surface area contributed by atoms with Gasteiger partial charge in [-0.25, -0.2) is 0 Å². The Balaban J connectivity index is 1.76. The molecule has 0 bridgehead atoms. The Morgan fingerprint density at radius 3 is 2.70 bits per heavy atom. The van der Waals surface area contributed by atoms with E-state index in [2.05, 4.69) is 74.5 Å². The Morgan fingerprint density at radius 2 is 2.00 bits per heavy atom. The first-order valence-corrected chi connectivity index (χ1v) is 11.3. The highest BCUT2D eigenvalue weighted by molar-refractivity contribution is 6.94. The molecule has 1 aromatic rings. The molecule has 138 valence electrons. The summed E-state index contributed by atoms with van der Waals surface area (Å²) in [6, 6.07) is 10.0. The molecule has 1 fully saturated rings. The van der Waals surface area contributed by atoms with Crippen LogP contribution in [0.2, 0.25) is 10.1 Å². The minimum absolute atomic E-state index is 0.0135. The number of benzene rings is 1. The van der Waals surface area contributed by atoms with Crippen LogP contribution in [0.1, 0.15) is 27.2 Å². The molecule has 2 aliphatic heterocycles. The molecule has 0 saturated carbocycles. The van der Waals surface area contributed by atoms with E-state index in [9.17, 15) is 4.91 Å². The molecule has 0 N–H and O–H groups in total. The molecular weight excluding hydrogens is 353 g/mol. The molecule has 4 unspecified atom stereocenters. The molecule has 6 heteroatoms. The lowest BCUT2D eigenvalue weighted by Crippen LogP contribution is -2.77. The van der Waals surface area contributed by atoms with Gasteiger partial charge in [-0.1, -0.05) is 75.4 Å². The average molecular weight is 377 g/mol. The zero-order chi connectivity index (χ0) is 19.3. The molecule has 1 saturated heterocycles. The SMILES string of the molecule is [B]C1CC(N=O)=C(CO[Si]2(c3ccccc3)C(C)(C)C3C=CC=CC32C)O1. The largest absolute Gasteiger partial charge is 0.500 e. The van der Waals surface area contributed by atoms with E-state index in [1.54, 1.807) is 0 Å². The van der Waals surface area contributed by atoms with Crippen molar-refractivity contribution in [3.63, 3.8) is 0 Å². The zero-order valence-electron chi connectivity index (χ0n) is 16.0. The fraction of sp³-hybridized carbons (Fsp3) is 0.429. The van der Waals surface area contributed by atoms with Crippen LogP contribution in [-0.4, -0.2) is 28.8 Å². The van der Waals surface area contributed by atoms with Crippen LogP contribution in [0, 0.1) is 10.8 Å². The molecule has 1 aliphatic carbocycles. The summed E-state index contributed by atoms with van der Waals surface area (Å²) >= 11 is 0. The maximum absolute atomic E-state index is 11.2. The summed E-state index contributed by atoms with van der Waals surface area (Å²) in [6.45, 7) is 7.14. The Morgan fingerprint density at radius 1 is 1.26 bits per heavy atom. The highest BCUT2D eigenvalue weighted by Gasteiger charge is 2.76. The third kappa shape index (κ3) is 2.39. The van der Waals surface area contributed by atoms with Gasteiger partial charge in [0.15, 0.2) is 0 Å². The lowest BCUT2D eigenvalue weighted by molar-refractivity contribution is 0.136. The summed E-state index contributed by atoms with van der Waals surface area (Å²) in [5.41, 5.74) is 0.373. The number of hydrogen-bond donors (Lipinski definition) is 0. The van der Waals surface area contributed by atoms with Crippen LogP contribution >= 0.6 is 0 Å². The predicted molar refractivity (Wildman–Crippen MR) is 110 cm³/mol. The van der Waals surface area contributed by atoms with Crippen LogP contribution < -0.4 is 5.19 Å². The van der Waals surface area contributed by atoms with Crippen LogP contribution in [-0.2, 0) is 9.16 Å². The maximum atomic E-state index is 11.2. The lowest BCUT2D eigenvalue weighted by atomic mass is 9.77. The summed E-state index contributed by atoms with van der Waals surface area (Å²) < 4.78 is 12.5. The van der Waals surface area contributed by atoms with Crippen LogP contribution in [0.3, 0.4) is 0 Å². The molecule has 3 aliphatic rings. The van der Waals surface area contributed by atoms with Crippen LogP contribution in [0.5, 0.6) is 0 Å². The van der Waals surface area contributed by atoms with Crippen LogP contribution in [0.15, 0.2) is 71.3 Å². The smallest absolute Gasteiger partial charge is 0.241 e. The minimum atomic E-state index is -2.50. The van der Waals surface area contributed by atoms with Gasteiger partial charge in [0.25, 0.3) is 0 Å². The van der Waals surface area contributed by atoms with Gasteiger partial charge in [0.2, 0.25) is 8.32 Å². The van der Waals surface area contributed by atoms with Crippen LogP contribution in [0.25, 0.3) is 0 Å². The van der Waals surface area contributed by atoms with Crippen molar-refractivity contribution in [2.45, 2.75) is 43.3 Å². The maximum Gasteiger partial charge on any atom is 0.241 e. The van der Waals surface area contributed by atoms with Gasteiger partial charge < -0.3 is 9.16 Å². The summed E-state index contributed by atoms with van der Waals surface area (Å²) in [6.07, 6.45) is 9.20. The minimum Gasteiger partial charge on any atom is -0.500 e. The molecule has 27 heavy (non-hydrogen) atoms. The first kappa shape index (κ1) is 18.4. The topological polar surface area (TPSA) is 47.9 Å². The van der Waals surface area contributed by atoms with Gasteiger partial charge in [-0.15, -0.1) is 4.91 Å². The molecule has 4 atom stereocenters. The molecule has 0 aromatic heterocycles. The molecule has 2 radical (unpaired) electrons. The molecule has 4 nitrogen and oxygen atoms in total.